The second-order valence-electron chi connectivity index (χ2n) is 5.21. The van der Waals surface area contributed by atoms with Gasteiger partial charge in [-0.3, -0.25) is 4.72 Å². The molecule has 0 aliphatic carbocycles. The Labute approximate surface area is 152 Å². The van der Waals surface area contributed by atoms with E-state index in [0.29, 0.717) is 11.5 Å². The summed E-state index contributed by atoms with van der Waals surface area (Å²) in [6, 6.07) is 13.1. The fraction of sp³-hybridized carbons (Fsp3) is 0.278. The normalized spacial score (nSPS) is 10.8. The highest BCUT2D eigenvalue weighted by Crippen LogP contribution is 2.19. The topological polar surface area (TPSA) is 90.9 Å². The fourth-order valence-corrected chi connectivity index (χ4v) is 3.04. The van der Waals surface area contributed by atoms with E-state index in [1.165, 1.54) is 12.1 Å². The zero-order valence-electron chi connectivity index (χ0n) is 14.6. The monoisotopic (exact) mass is 379 g/mol. The molecule has 0 bridgehead atoms. The number of carbonyl (C=O) groups is 1. The van der Waals surface area contributed by atoms with Gasteiger partial charge in [-0.1, -0.05) is 12.1 Å². The number of hydrogen-bond donors (Lipinski definition) is 1. The van der Waals surface area contributed by atoms with Crippen LogP contribution in [0.15, 0.2) is 48.5 Å². The first-order valence-corrected chi connectivity index (χ1v) is 9.64. The van der Waals surface area contributed by atoms with Crippen LogP contribution in [-0.2, 0) is 14.8 Å². The molecule has 7 nitrogen and oxygen atoms in total. The minimum absolute atomic E-state index is 0.0385. The first kappa shape index (κ1) is 19.6. The van der Waals surface area contributed by atoms with Crippen LogP contribution in [0.5, 0.6) is 11.5 Å². The van der Waals surface area contributed by atoms with E-state index in [0.717, 1.165) is 0 Å². The van der Waals surface area contributed by atoms with Crippen LogP contribution >= 0.6 is 0 Å². The average molecular weight is 379 g/mol. The Morgan fingerprint density at radius 1 is 1.04 bits per heavy atom. The lowest BCUT2D eigenvalue weighted by atomic mass is 10.2. The molecule has 8 heteroatoms. The first-order chi connectivity index (χ1) is 12.4. The molecule has 1 N–H and O–H groups in total. The Hall–Kier alpha value is -2.74. The molecule has 140 valence electrons. The first-order valence-electron chi connectivity index (χ1n) is 7.98. The minimum atomic E-state index is -3.70. The van der Waals surface area contributed by atoms with Crippen molar-refractivity contribution in [3.05, 3.63) is 54.1 Å². The van der Waals surface area contributed by atoms with Crippen LogP contribution in [-0.4, -0.2) is 40.5 Å². The summed E-state index contributed by atoms with van der Waals surface area (Å²) in [5.74, 6) is 0.367. The number of rotatable bonds is 9. The van der Waals surface area contributed by atoms with Gasteiger partial charge in [0, 0.05) is 0 Å². The van der Waals surface area contributed by atoms with Crippen molar-refractivity contribution >= 4 is 21.7 Å². The standard InChI is InChI=1S/C18H21NO6S/c1-3-24-18(20)16-6-4-5-7-17(16)19-26(21,22)13-12-25-15-10-8-14(23-2)9-11-15/h4-11,19H,3,12-13H2,1-2H3. The van der Waals surface area contributed by atoms with Crippen molar-refractivity contribution in [2.75, 3.05) is 30.8 Å². The average Bonchev–Trinajstić information content (AvgIpc) is 2.62. The number of esters is 1. The zero-order chi connectivity index (χ0) is 19.0. The van der Waals surface area contributed by atoms with Crippen LogP contribution in [0.4, 0.5) is 5.69 Å². The van der Waals surface area contributed by atoms with Crippen LogP contribution in [0.2, 0.25) is 0 Å². The van der Waals surface area contributed by atoms with E-state index < -0.39 is 16.0 Å². The third-order valence-corrected chi connectivity index (χ3v) is 4.60. The van der Waals surface area contributed by atoms with Gasteiger partial charge in [-0.05, 0) is 43.3 Å². The molecule has 0 unspecified atom stereocenters. The summed E-state index contributed by atoms with van der Waals surface area (Å²) in [5.41, 5.74) is 0.337. The summed E-state index contributed by atoms with van der Waals surface area (Å²) in [5, 5.41) is 0. The smallest absolute Gasteiger partial charge is 0.340 e. The van der Waals surface area contributed by atoms with Crippen molar-refractivity contribution in [1.82, 2.24) is 0 Å². The summed E-state index contributed by atoms with van der Waals surface area (Å²) >= 11 is 0. The van der Waals surface area contributed by atoms with Gasteiger partial charge in [-0.25, -0.2) is 13.2 Å². The quantitative estimate of drug-likeness (QED) is 0.674. The SMILES string of the molecule is CCOC(=O)c1ccccc1NS(=O)(=O)CCOc1ccc(OC)cc1. The zero-order valence-corrected chi connectivity index (χ0v) is 15.4. The van der Waals surface area contributed by atoms with Gasteiger partial charge in [0.1, 0.15) is 23.9 Å². The van der Waals surface area contributed by atoms with Gasteiger partial charge in [0.15, 0.2) is 0 Å². The second kappa shape index (κ2) is 9.10. The highest BCUT2D eigenvalue weighted by molar-refractivity contribution is 7.92. The number of hydrogen-bond acceptors (Lipinski definition) is 6. The number of nitrogens with one attached hydrogen (secondary N) is 1. The van der Waals surface area contributed by atoms with Crippen LogP contribution in [0, 0.1) is 0 Å². The molecule has 0 aliphatic heterocycles. The fourth-order valence-electron chi connectivity index (χ4n) is 2.12. The van der Waals surface area contributed by atoms with Crippen molar-refractivity contribution in [3.8, 4) is 11.5 Å². The predicted octanol–water partition coefficient (Wildman–Crippen LogP) is 2.69. The molecule has 2 aromatic rings. The van der Waals surface area contributed by atoms with Gasteiger partial charge in [0.05, 0.1) is 25.0 Å². The van der Waals surface area contributed by atoms with Gasteiger partial charge < -0.3 is 14.2 Å². The largest absolute Gasteiger partial charge is 0.497 e. The van der Waals surface area contributed by atoms with Gasteiger partial charge in [-0.2, -0.15) is 0 Å². The summed E-state index contributed by atoms with van der Waals surface area (Å²) < 4.78 is 42.3. The predicted molar refractivity (Wildman–Crippen MR) is 98.3 cm³/mol. The molecule has 0 aliphatic rings. The molecule has 0 heterocycles. The second-order valence-corrected chi connectivity index (χ2v) is 7.05. The van der Waals surface area contributed by atoms with E-state index in [1.807, 2.05) is 0 Å². The van der Waals surface area contributed by atoms with Crippen molar-refractivity contribution in [1.29, 1.82) is 0 Å². The molecule has 2 aromatic carbocycles. The van der Waals surface area contributed by atoms with Gasteiger partial charge in [0.2, 0.25) is 10.0 Å². The van der Waals surface area contributed by atoms with Gasteiger partial charge >= 0.3 is 5.97 Å². The maximum atomic E-state index is 12.3. The summed E-state index contributed by atoms with van der Waals surface area (Å²) in [6.07, 6.45) is 0. The van der Waals surface area contributed by atoms with Crippen molar-refractivity contribution in [2.24, 2.45) is 0 Å². The van der Waals surface area contributed by atoms with E-state index in [-0.39, 0.29) is 30.2 Å². The van der Waals surface area contributed by atoms with Crippen molar-refractivity contribution in [3.63, 3.8) is 0 Å². The number of sulfonamides is 1. The summed E-state index contributed by atoms with van der Waals surface area (Å²) in [7, 11) is -2.14. The number of para-hydroxylation sites is 1. The number of anilines is 1. The molecule has 0 amide bonds. The number of ether oxygens (including phenoxy) is 3. The summed E-state index contributed by atoms with van der Waals surface area (Å²) in [4.78, 5) is 11.9. The van der Waals surface area contributed by atoms with E-state index >= 15 is 0 Å². The highest BCUT2D eigenvalue weighted by atomic mass is 32.2. The minimum Gasteiger partial charge on any atom is -0.497 e. The van der Waals surface area contributed by atoms with E-state index in [2.05, 4.69) is 4.72 Å². The Kier molecular flexibility index (Phi) is 6.85. The Morgan fingerprint density at radius 2 is 1.69 bits per heavy atom. The molecular weight excluding hydrogens is 358 g/mol. The summed E-state index contributed by atoms with van der Waals surface area (Å²) in [6.45, 7) is 1.85. The number of methoxy groups -OCH3 is 1. The molecule has 2 rings (SSSR count). The van der Waals surface area contributed by atoms with Crippen LogP contribution in [0.25, 0.3) is 0 Å². The molecule has 0 fully saturated rings. The molecule has 0 saturated carbocycles. The molecule has 0 radical (unpaired) electrons. The van der Waals surface area contributed by atoms with Gasteiger partial charge in [-0.15, -0.1) is 0 Å². The molecular formula is C18H21NO6S. The third kappa shape index (κ3) is 5.66. The van der Waals surface area contributed by atoms with Crippen LogP contribution < -0.4 is 14.2 Å². The lowest BCUT2D eigenvalue weighted by Gasteiger charge is -2.12. The third-order valence-electron chi connectivity index (χ3n) is 3.37. The maximum absolute atomic E-state index is 12.3. The Balaban J connectivity index is 1.97. The Morgan fingerprint density at radius 3 is 2.35 bits per heavy atom. The Bertz CT molecular complexity index is 833. The van der Waals surface area contributed by atoms with Crippen LogP contribution in [0.3, 0.4) is 0 Å². The number of benzene rings is 2. The van der Waals surface area contributed by atoms with Crippen LogP contribution in [0.1, 0.15) is 17.3 Å². The lowest BCUT2D eigenvalue weighted by Crippen LogP contribution is -2.22. The van der Waals surface area contributed by atoms with Gasteiger partial charge in [0.25, 0.3) is 0 Å². The molecule has 0 aromatic heterocycles. The molecule has 26 heavy (non-hydrogen) atoms. The molecule has 0 spiro atoms. The van der Waals surface area contributed by atoms with E-state index in [9.17, 15) is 13.2 Å². The maximum Gasteiger partial charge on any atom is 0.340 e. The van der Waals surface area contributed by atoms with Crippen molar-refractivity contribution in [2.45, 2.75) is 6.92 Å². The highest BCUT2D eigenvalue weighted by Gasteiger charge is 2.17. The number of carbonyl (C=O) groups excluding carboxylic acids is 1. The lowest BCUT2D eigenvalue weighted by molar-refractivity contribution is 0.0527. The van der Waals surface area contributed by atoms with Crippen molar-refractivity contribution < 1.29 is 27.4 Å². The van der Waals surface area contributed by atoms with E-state index in [4.69, 9.17) is 14.2 Å². The van der Waals surface area contributed by atoms with E-state index in [1.54, 1.807) is 50.4 Å². The molecule has 0 saturated heterocycles. The molecule has 0 atom stereocenters.